The fourth-order valence-electron chi connectivity index (χ4n) is 4.15. The molecule has 0 spiro atoms. The second kappa shape index (κ2) is 11.7. The summed E-state index contributed by atoms with van der Waals surface area (Å²) in [6, 6.07) is 7.68. The SMILES string of the molecule is C#CC(=O)C(CC)OC(=O)c1ccc(C2CCC(CCCCCC)CC2)cc1. The molecule has 1 aliphatic carbocycles. The minimum atomic E-state index is -0.857. The molecule has 1 saturated carbocycles. The molecule has 28 heavy (non-hydrogen) atoms. The number of ketones is 1. The average Bonchev–Trinajstić information content (AvgIpc) is 2.75. The number of carbonyl (C=O) groups excluding carboxylic acids is 2. The summed E-state index contributed by atoms with van der Waals surface area (Å²) in [5.74, 6) is 2.53. The van der Waals surface area contributed by atoms with Gasteiger partial charge < -0.3 is 4.74 Å². The third kappa shape index (κ3) is 6.51. The van der Waals surface area contributed by atoms with Crippen molar-refractivity contribution in [3.63, 3.8) is 0 Å². The molecule has 0 aliphatic heterocycles. The van der Waals surface area contributed by atoms with Gasteiger partial charge in [0.2, 0.25) is 5.78 Å². The van der Waals surface area contributed by atoms with E-state index in [2.05, 4.69) is 6.92 Å². The fourth-order valence-corrected chi connectivity index (χ4v) is 4.15. The van der Waals surface area contributed by atoms with Crippen LogP contribution in [0.3, 0.4) is 0 Å². The van der Waals surface area contributed by atoms with Crippen molar-refractivity contribution in [2.24, 2.45) is 5.92 Å². The maximum atomic E-state index is 12.3. The van der Waals surface area contributed by atoms with E-state index >= 15 is 0 Å². The Morgan fingerprint density at radius 1 is 1.07 bits per heavy atom. The van der Waals surface area contributed by atoms with Crippen LogP contribution in [0.2, 0.25) is 0 Å². The Bertz CT molecular complexity index is 660. The van der Waals surface area contributed by atoms with Crippen LogP contribution in [0.4, 0.5) is 0 Å². The second-order valence-corrected chi connectivity index (χ2v) is 8.00. The molecule has 0 bridgehead atoms. The van der Waals surface area contributed by atoms with Crippen molar-refractivity contribution < 1.29 is 14.3 Å². The van der Waals surface area contributed by atoms with Crippen LogP contribution in [0.25, 0.3) is 0 Å². The van der Waals surface area contributed by atoms with Crippen molar-refractivity contribution in [3.8, 4) is 12.3 Å². The van der Waals surface area contributed by atoms with Gasteiger partial charge in [0, 0.05) is 0 Å². The number of carbonyl (C=O) groups is 2. The van der Waals surface area contributed by atoms with Gasteiger partial charge in [0.1, 0.15) is 0 Å². The Kier molecular flexibility index (Phi) is 9.28. The van der Waals surface area contributed by atoms with Crippen molar-refractivity contribution in [2.45, 2.75) is 90.1 Å². The molecule has 0 amide bonds. The molecule has 1 aliphatic rings. The lowest BCUT2D eigenvalue weighted by molar-refractivity contribution is -0.122. The third-order valence-electron chi connectivity index (χ3n) is 5.99. The first-order valence-corrected chi connectivity index (χ1v) is 10.9. The monoisotopic (exact) mass is 382 g/mol. The largest absolute Gasteiger partial charge is 0.450 e. The molecular formula is C25H34O3. The molecule has 0 heterocycles. The van der Waals surface area contributed by atoms with Gasteiger partial charge in [-0.1, -0.05) is 58.1 Å². The highest BCUT2D eigenvalue weighted by molar-refractivity contribution is 6.00. The number of ether oxygens (including phenoxy) is 1. The van der Waals surface area contributed by atoms with Crippen LogP contribution in [0, 0.1) is 18.3 Å². The van der Waals surface area contributed by atoms with Crippen molar-refractivity contribution in [1.82, 2.24) is 0 Å². The molecule has 1 unspecified atom stereocenters. The lowest BCUT2D eigenvalue weighted by Gasteiger charge is -2.29. The van der Waals surface area contributed by atoms with Crippen molar-refractivity contribution in [1.29, 1.82) is 0 Å². The zero-order valence-corrected chi connectivity index (χ0v) is 17.4. The van der Waals surface area contributed by atoms with Crippen molar-refractivity contribution >= 4 is 11.8 Å². The molecule has 1 fully saturated rings. The quantitative estimate of drug-likeness (QED) is 0.213. The van der Waals surface area contributed by atoms with Gasteiger partial charge in [0.25, 0.3) is 0 Å². The van der Waals surface area contributed by atoms with E-state index in [0.29, 0.717) is 17.9 Å². The Labute approximate surface area is 170 Å². The molecule has 0 radical (unpaired) electrons. The number of benzene rings is 1. The number of hydrogen-bond acceptors (Lipinski definition) is 3. The number of rotatable bonds is 10. The fraction of sp³-hybridized carbons (Fsp3) is 0.600. The maximum Gasteiger partial charge on any atom is 0.338 e. The van der Waals surface area contributed by atoms with E-state index in [1.807, 2.05) is 30.2 Å². The van der Waals surface area contributed by atoms with Gasteiger partial charge in [0.05, 0.1) is 5.56 Å². The Morgan fingerprint density at radius 3 is 2.32 bits per heavy atom. The van der Waals surface area contributed by atoms with E-state index in [1.54, 1.807) is 6.92 Å². The topological polar surface area (TPSA) is 43.4 Å². The number of terminal acetylenes is 1. The van der Waals surface area contributed by atoms with E-state index < -0.39 is 17.9 Å². The molecular weight excluding hydrogens is 348 g/mol. The van der Waals surface area contributed by atoms with Crippen LogP contribution in [0.5, 0.6) is 0 Å². The molecule has 1 atom stereocenters. The average molecular weight is 383 g/mol. The Morgan fingerprint density at radius 2 is 1.75 bits per heavy atom. The van der Waals surface area contributed by atoms with E-state index in [-0.39, 0.29) is 0 Å². The molecule has 0 N–H and O–H groups in total. The Hall–Kier alpha value is -2.08. The van der Waals surface area contributed by atoms with Gasteiger partial charge in [0.15, 0.2) is 6.10 Å². The predicted molar refractivity (Wildman–Crippen MR) is 113 cm³/mol. The van der Waals surface area contributed by atoms with E-state index in [0.717, 1.165) is 5.92 Å². The number of Topliss-reactive ketones (excluding diaryl/α,β-unsaturated/α-hetero) is 1. The highest BCUT2D eigenvalue weighted by atomic mass is 16.5. The molecule has 2 rings (SSSR count). The summed E-state index contributed by atoms with van der Waals surface area (Å²) in [6.07, 6.45) is 16.5. The lowest BCUT2D eigenvalue weighted by atomic mass is 9.77. The van der Waals surface area contributed by atoms with Gasteiger partial charge in [-0.2, -0.15) is 0 Å². The summed E-state index contributed by atoms with van der Waals surface area (Å²) in [7, 11) is 0. The summed E-state index contributed by atoms with van der Waals surface area (Å²) in [5, 5.41) is 0. The summed E-state index contributed by atoms with van der Waals surface area (Å²) in [5.41, 5.74) is 1.77. The lowest BCUT2D eigenvalue weighted by Crippen LogP contribution is -2.25. The summed E-state index contributed by atoms with van der Waals surface area (Å²) in [6.45, 7) is 4.03. The highest BCUT2D eigenvalue weighted by Crippen LogP contribution is 2.37. The van der Waals surface area contributed by atoms with Crippen LogP contribution in [-0.4, -0.2) is 17.9 Å². The maximum absolute atomic E-state index is 12.3. The smallest absolute Gasteiger partial charge is 0.338 e. The zero-order valence-electron chi connectivity index (χ0n) is 17.4. The molecule has 0 saturated heterocycles. The summed E-state index contributed by atoms with van der Waals surface area (Å²) >= 11 is 0. The molecule has 0 aromatic heterocycles. The van der Waals surface area contributed by atoms with Gasteiger partial charge >= 0.3 is 5.97 Å². The van der Waals surface area contributed by atoms with Gasteiger partial charge in [-0.15, -0.1) is 6.42 Å². The Balaban J connectivity index is 1.83. The predicted octanol–water partition coefficient (Wildman–Crippen LogP) is 6.07. The van der Waals surface area contributed by atoms with Crippen molar-refractivity contribution in [2.75, 3.05) is 0 Å². The van der Waals surface area contributed by atoms with Gasteiger partial charge in [-0.25, -0.2) is 4.79 Å². The molecule has 1 aromatic carbocycles. The second-order valence-electron chi connectivity index (χ2n) is 8.00. The molecule has 3 heteroatoms. The van der Waals surface area contributed by atoms with E-state index in [4.69, 9.17) is 11.2 Å². The van der Waals surface area contributed by atoms with Crippen LogP contribution in [-0.2, 0) is 9.53 Å². The molecule has 152 valence electrons. The van der Waals surface area contributed by atoms with Crippen molar-refractivity contribution in [3.05, 3.63) is 35.4 Å². The first kappa shape index (κ1) is 22.2. The number of hydrogen-bond donors (Lipinski definition) is 0. The van der Waals surface area contributed by atoms with Crippen LogP contribution < -0.4 is 0 Å². The zero-order chi connectivity index (χ0) is 20.4. The first-order valence-electron chi connectivity index (χ1n) is 10.9. The minimum Gasteiger partial charge on any atom is -0.450 e. The third-order valence-corrected chi connectivity index (χ3v) is 5.99. The summed E-state index contributed by atoms with van der Waals surface area (Å²) < 4.78 is 5.26. The normalized spacial score (nSPS) is 20.2. The van der Waals surface area contributed by atoms with Crippen LogP contribution in [0.15, 0.2) is 24.3 Å². The van der Waals surface area contributed by atoms with E-state index in [9.17, 15) is 9.59 Å². The van der Waals surface area contributed by atoms with Gasteiger partial charge in [-0.3, -0.25) is 4.79 Å². The standard InChI is InChI=1S/C25H34O3/c1-4-7-8-9-10-19-11-13-20(14-12-19)21-15-17-22(18-16-21)25(27)28-24(6-3)23(26)5-2/h2,15-20,24H,4,6-14H2,1,3H3. The van der Waals surface area contributed by atoms with Crippen LogP contribution in [0.1, 0.15) is 99.9 Å². The molecule has 3 nitrogen and oxygen atoms in total. The number of unbranched alkanes of at least 4 members (excludes halogenated alkanes) is 3. The molecule has 1 aromatic rings. The first-order chi connectivity index (χ1) is 13.6. The van der Waals surface area contributed by atoms with Crippen LogP contribution >= 0.6 is 0 Å². The summed E-state index contributed by atoms with van der Waals surface area (Å²) in [4.78, 5) is 23.9. The van der Waals surface area contributed by atoms with E-state index in [1.165, 1.54) is 63.4 Å². The highest BCUT2D eigenvalue weighted by Gasteiger charge is 2.23. The number of esters is 1. The minimum absolute atomic E-state index is 0.383. The van der Waals surface area contributed by atoms with Gasteiger partial charge in [-0.05, 0) is 67.6 Å².